The van der Waals surface area contributed by atoms with Gasteiger partial charge in [0.05, 0.1) is 0 Å². The molecular formula is C22H28Cl2. The summed E-state index contributed by atoms with van der Waals surface area (Å²) >= 11 is 12.1. The van der Waals surface area contributed by atoms with E-state index in [1.165, 1.54) is 22.3 Å². The maximum atomic E-state index is 6.05. The van der Waals surface area contributed by atoms with Crippen LogP contribution in [0.15, 0.2) is 54.1 Å². The molecule has 0 aliphatic rings. The van der Waals surface area contributed by atoms with Gasteiger partial charge in [-0.3, -0.25) is 0 Å². The lowest BCUT2D eigenvalue weighted by molar-refractivity contribution is 0.806. The Bertz CT molecular complexity index is 567. The van der Waals surface area contributed by atoms with Gasteiger partial charge in [-0.15, -0.1) is 0 Å². The minimum absolute atomic E-state index is 0.770. The van der Waals surface area contributed by atoms with Crippen molar-refractivity contribution in [3.05, 3.63) is 75.3 Å². The highest BCUT2D eigenvalue weighted by molar-refractivity contribution is 6.31. The summed E-state index contributed by atoms with van der Waals surface area (Å²) < 4.78 is 0. The first-order valence-corrected chi connectivity index (χ1v) is 9.65. The van der Waals surface area contributed by atoms with Gasteiger partial charge in [-0.2, -0.15) is 0 Å². The Kier molecular flexibility index (Phi) is 9.83. The zero-order valence-corrected chi connectivity index (χ0v) is 16.7. The lowest BCUT2D eigenvalue weighted by Gasteiger charge is -2.16. The van der Waals surface area contributed by atoms with E-state index in [1.54, 1.807) is 0 Å². The molecule has 0 aliphatic carbocycles. The predicted octanol–water partition coefficient (Wildman–Crippen LogP) is 8.42. The van der Waals surface area contributed by atoms with E-state index < -0.39 is 0 Å². The summed E-state index contributed by atoms with van der Waals surface area (Å²) in [5.41, 5.74) is 5.29. The van der Waals surface area contributed by atoms with Crippen molar-refractivity contribution in [3.63, 3.8) is 0 Å². The standard InChI is InChI=1S/C20H22Cl2.C2H6/c1-3-5-15(6-4-2)20(16-7-11-18(21)12-8-16)17-9-13-19(22)14-10-17;1-2/h7-14H,3-6H2,1-2H3;1-2H3. The van der Waals surface area contributed by atoms with E-state index in [0.29, 0.717) is 0 Å². The molecule has 0 aromatic heterocycles. The summed E-state index contributed by atoms with van der Waals surface area (Å²) in [5, 5.41) is 1.54. The Hall–Kier alpha value is -1.24. The molecule has 0 bridgehead atoms. The molecular weight excluding hydrogens is 335 g/mol. The molecule has 0 amide bonds. The molecule has 0 aliphatic heterocycles. The molecule has 0 saturated heterocycles. The van der Waals surface area contributed by atoms with Crippen LogP contribution < -0.4 is 0 Å². The quantitative estimate of drug-likeness (QED) is 0.483. The topological polar surface area (TPSA) is 0 Å². The van der Waals surface area contributed by atoms with E-state index in [9.17, 15) is 0 Å². The summed E-state index contributed by atoms with van der Waals surface area (Å²) in [5.74, 6) is 0. The van der Waals surface area contributed by atoms with Crippen LogP contribution in [0.1, 0.15) is 64.5 Å². The van der Waals surface area contributed by atoms with Gasteiger partial charge in [-0.25, -0.2) is 0 Å². The van der Waals surface area contributed by atoms with Crippen molar-refractivity contribution in [1.82, 2.24) is 0 Å². The zero-order valence-electron chi connectivity index (χ0n) is 15.2. The van der Waals surface area contributed by atoms with E-state index in [1.807, 2.05) is 38.1 Å². The molecule has 130 valence electrons. The minimum Gasteiger partial charge on any atom is -0.0843 e. The van der Waals surface area contributed by atoms with E-state index in [-0.39, 0.29) is 0 Å². The lowest BCUT2D eigenvalue weighted by atomic mass is 9.89. The molecule has 2 heteroatoms. The molecule has 2 aromatic rings. The number of halogens is 2. The maximum Gasteiger partial charge on any atom is 0.0406 e. The smallest absolute Gasteiger partial charge is 0.0406 e. The summed E-state index contributed by atoms with van der Waals surface area (Å²) in [6, 6.07) is 16.3. The van der Waals surface area contributed by atoms with E-state index in [0.717, 1.165) is 35.7 Å². The van der Waals surface area contributed by atoms with Crippen molar-refractivity contribution < 1.29 is 0 Å². The highest BCUT2D eigenvalue weighted by atomic mass is 35.5. The second-order valence-electron chi connectivity index (χ2n) is 5.49. The third kappa shape index (κ3) is 6.00. The number of benzene rings is 2. The minimum atomic E-state index is 0.770. The number of rotatable bonds is 6. The summed E-state index contributed by atoms with van der Waals surface area (Å²) in [4.78, 5) is 0. The van der Waals surface area contributed by atoms with Crippen LogP contribution in [0.3, 0.4) is 0 Å². The molecule has 2 aromatic carbocycles. The van der Waals surface area contributed by atoms with Crippen LogP contribution in [0.25, 0.3) is 5.57 Å². The summed E-state index contributed by atoms with van der Waals surface area (Å²) in [6.07, 6.45) is 4.54. The third-order valence-corrected chi connectivity index (χ3v) is 4.23. The van der Waals surface area contributed by atoms with Crippen molar-refractivity contribution in [2.24, 2.45) is 0 Å². The second kappa shape index (κ2) is 11.3. The molecule has 0 spiro atoms. The molecule has 0 unspecified atom stereocenters. The fourth-order valence-corrected chi connectivity index (χ4v) is 3.04. The molecule has 0 radical (unpaired) electrons. The van der Waals surface area contributed by atoms with Gasteiger partial charge >= 0.3 is 0 Å². The van der Waals surface area contributed by atoms with Crippen LogP contribution in [-0.2, 0) is 0 Å². The fourth-order valence-electron chi connectivity index (χ4n) is 2.79. The maximum absolute atomic E-state index is 6.05. The van der Waals surface area contributed by atoms with Crippen LogP contribution in [0.4, 0.5) is 0 Å². The average molecular weight is 363 g/mol. The Balaban J connectivity index is 0.00000139. The number of hydrogen-bond donors (Lipinski definition) is 0. The van der Waals surface area contributed by atoms with Gasteiger partial charge in [0.1, 0.15) is 0 Å². The monoisotopic (exact) mass is 362 g/mol. The zero-order chi connectivity index (χ0) is 17.9. The first kappa shape index (κ1) is 20.8. The Morgan fingerprint density at radius 1 is 0.667 bits per heavy atom. The molecule has 0 heterocycles. The molecule has 24 heavy (non-hydrogen) atoms. The van der Waals surface area contributed by atoms with Crippen molar-refractivity contribution in [1.29, 1.82) is 0 Å². The molecule has 0 nitrogen and oxygen atoms in total. The summed E-state index contributed by atoms with van der Waals surface area (Å²) in [7, 11) is 0. The van der Waals surface area contributed by atoms with Crippen LogP contribution in [0.2, 0.25) is 10.0 Å². The molecule has 0 saturated carbocycles. The highest BCUT2D eigenvalue weighted by Gasteiger charge is 2.11. The van der Waals surface area contributed by atoms with Gasteiger partial charge < -0.3 is 0 Å². The predicted molar refractivity (Wildman–Crippen MR) is 110 cm³/mol. The number of allylic oxidation sites excluding steroid dienone is 1. The van der Waals surface area contributed by atoms with Crippen LogP contribution in [0, 0.1) is 0 Å². The Labute approximate surface area is 157 Å². The second-order valence-corrected chi connectivity index (χ2v) is 6.37. The van der Waals surface area contributed by atoms with Crippen molar-refractivity contribution in [2.75, 3.05) is 0 Å². The van der Waals surface area contributed by atoms with Crippen LogP contribution in [-0.4, -0.2) is 0 Å². The molecule has 0 atom stereocenters. The van der Waals surface area contributed by atoms with Crippen molar-refractivity contribution >= 4 is 28.8 Å². The van der Waals surface area contributed by atoms with Gasteiger partial charge in [0, 0.05) is 10.0 Å². The Morgan fingerprint density at radius 2 is 1.00 bits per heavy atom. The lowest BCUT2D eigenvalue weighted by Crippen LogP contribution is -1.96. The van der Waals surface area contributed by atoms with Crippen molar-refractivity contribution in [3.8, 4) is 0 Å². The SMILES string of the molecule is CC.CCCC(CCC)=C(c1ccc(Cl)cc1)c1ccc(Cl)cc1. The van der Waals surface area contributed by atoms with Gasteiger partial charge in [-0.05, 0) is 53.8 Å². The molecule has 0 N–H and O–H groups in total. The van der Waals surface area contributed by atoms with Gasteiger partial charge in [-0.1, -0.05) is 93.6 Å². The largest absolute Gasteiger partial charge is 0.0843 e. The van der Waals surface area contributed by atoms with Gasteiger partial charge in [0.15, 0.2) is 0 Å². The normalized spacial score (nSPS) is 9.92. The Morgan fingerprint density at radius 3 is 1.29 bits per heavy atom. The fraction of sp³-hybridized carbons (Fsp3) is 0.364. The molecule has 2 rings (SSSR count). The molecule has 0 fully saturated rings. The summed E-state index contributed by atoms with van der Waals surface area (Å²) in [6.45, 7) is 8.47. The van der Waals surface area contributed by atoms with E-state index in [4.69, 9.17) is 23.2 Å². The highest BCUT2D eigenvalue weighted by Crippen LogP contribution is 2.32. The first-order chi connectivity index (χ1) is 11.7. The van der Waals surface area contributed by atoms with Gasteiger partial charge in [0.25, 0.3) is 0 Å². The van der Waals surface area contributed by atoms with Crippen LogP contribution in [0.5, 0.6) is 0 Å². The third-order valence-electron chi connectivity index (χ3n) is 3.72. The number of hydrogen-bond acceptors (Lipinski definition) is 0. The van der Waals surface area contributed by atoms with E-state index >= 15 is 0 Å². The first-order valence-electron chi connectivity index (χ1n) is 8.89. The van der Waals surface area contributed by atoms with Crippen molar-refractivity contribution in [2.45, 2.75) is 53.4 Å². The van der Waals surface area contributed by atoms with E-state index in [2.05, 4.69) is 38.1 Å². The van der Waals surface area contributed by atoms with Crippen LogP contribution >= 0.6 is 23.2 Å². The average Bonchev–Trinajstić information content (AvgIpc) is 2.61. The van der Waals surface area contributed by atoms with Gasteiger partial charge in [0.2, 0.25) is 0 Å².